The van der Waals surface area contributed by atoms with Gasteiger partial charge in [0.05, 0.1) is 0 Å². The summed E-state index contributed by atoms with van der Waals surface area (Å²) >= 11 is 1.62. The van der Waals surface area contributed by atoms with Crippen LogP contribution >= 0.6 is 11.3 Å². The average molecular weight is 315 g/mol. The number of hydrogen-bond acceptors (Lipinski definition) is 4. The van der Waals surface area contributed by atoms with E-state index in [9.17, 15) is 4.79 Å². The minimum absolute atomic E-state index is 0.142. The molecule has 1 aliphatic heterocycles. The lowest BCUT2D eigenvalue weighted by Gasteiger charge is -2.26. The molecule has 0 amide bonds. The van der Waals surface area contributed by atoms with Crippen LogP contribution in [0.4, 0.5) is 0 Å². The first kappa shape index (κ1) is 15.3. The van der Waals surface area contributed by atoms with E-state index in [1.54, 1.807) is 11.3 Å². The van der Waals surface area contributed by atoms with Gasteiger partial charge in [-0.25, -0.2) is 4.79 Å². The van der Waals surface area contributed by atoms with Crippen molar-refractivity contribution in [2.24, 2.45) is 0 Å². The highest BCUT2D eigenvalue weighted by Gasteiger charge is 2.32. The Morgan fingerprint density at radius 3 is 2.50 bits per heavy atom. The molecule has 1 saturated heterocycles. The fourth-order valence-corrected chi connectivity index (χ4v) is 3.64. The molecule has 0 radical (unpaired) electrons. The second-order valence-electron chi connectivity index (χ2n) is 5.69. The smallest absolute Gasteiger partial charge is 0.328 e. The molecule has 3 nitrogen and oxygen atoms in total. The van der Waals surface area contributed by atoms with Crippen molar-refractivity contribution in [2.45, 2.75) is 31.9 Å². The Labute approximate surface area is 135 Å². The SMILES string of the molecule is C[C@@H](OC(=O)[C@H](c1ccsc1)N1CCCC1)c1ccccc1. The summed E-state index contributed by atoms with van der Waals surface area (Å²) in [4.78, 5) is 15.0. The molecule has 0 unspecified atom stereocenters. The molecule has 4 heteroatoms. The highest BCUT2D eigenvalue weighted by atomic mass is 32.1. The predicted octanol–water partition coefficient (Wildman–Crippen LogP) is 4.19. The zero-order valence-corrected chi connectivity index (χ0v) is 13.6. The number of carbonyl (C=O) groups excluding carboxylic acids is 1. The van der Waals surface area contributed by atoms with Gasteiger partial charge in [0, 0.05) is 0 Å². The van der Waals surface area contributed by atoms with Gasteiger partial charge in [-0.05, 0) is 60.8 Å². The molecule has 3 rings (SSSR count). The fourth-order valence-electron chi connectivity index (χ4n) is 2.96. The van der Waals surface area contributed by atoms with Crippen LogP contribution in [0.15, 0.2) is 47.2 Å². The number of nitrogens with zero attached hydrogens (tertiary/aromatic N) is 1. The summed E-state index contributed by atoms with van der Waals surface area (Å²) in [5.41, 5.74) is 2.08. The summed E-state index contributed by atoms with van der Waals surface area (Å²) in [6.07, 6.45) is 2.09. The van der Waals surface area contributed by atoms with Crippen LogP contribution in [0.1, 0.15) is 43.0 Å². The second-order valence-corrected chi connectivity index (χ2v) is 6.47. The van der Waals surface area contributed by atoms with E-state index in [2.05, 4.69) is 10.3 Å². The van der Waals surface area contributed by atoms with Crippen molar-refractivity contribution in [3.8, 4) is 0 Å². The Balaban J connectivity index is 1.75. The Morgan fingerprint density at radius 2 is 1.86 bits per heavy atom. The third kappa shape index (κ3) is 3.39. The zero-order valence-electron chi connectivity index (χ0n) is 12.8. The first-order valence-corrected chi connectivity index (χ1v) is 8.71. The number of hydrogen-bond donors (Lipinski definition) is 0. The lowest BCUT2D eigenvalue weighted by Crippen LogP contribution is -2.33. The fraction of sp³-hybridized carbons (Fsp3) is 0.389. The molecular weight excluding hydrogens is 294 g/mol. The Hall–Kier alpha value is -1.65. The van der Waals surface area contributed by atoms with Crippen LogP contribution in [0.5, 0.6) is 0 Å². The van der Waals surface area contributed by atoms with Gasteiger partial charge in [0.15, 0.2) is 0 Å². The van der Waals surface area contributed by atoms with Gasteiger partial charge in [0.25, 0.3) is 0 Å². The molecule has 1 aliphatic rings. The minimum Gasteiger partial charge on any atom is -0.456 e. The Bertz CT molecular complexity index is 591. The van der Waals surface area contributed by atoms with Crippen LogP contribution in [0.2, 0.25) is 0 Å². The van der Waals surface area contributed by atoms with Gasteiger partial charge in [-0.15, -0.1) is 0 Å². The third-order valence-corrected chi connectivity index (χ3v) is 4.85. The van der Waals surface area contributed by atoms with Gasteiger partial charge < -0.3 is 4.74 Å². The maximum atomic E-state index is 12.8. The summed E-state index contributed by atoms with van der Waals surface area (Å²) in [6.45, 7) is 3.87. The van der Waals surface area contributed by atoms with Gasteiger partial charge in [-0.1, -0.05) is 30.3 Å². The molecule has 2 atom stereocenters. The number of thiophene rings is 1. The number of ether oxygens (including phenoxy) is 1. The molecule has 116 valence electrons. The van der Waals surface area contributed by atoms with Crippen molar-refractivity contribution in [3.05, 3.63) is 58.3 Å². The minimum atomic E-state index is -0.264. The van der Waals surface area contributed by atoms with Crippen LogP contribution in [-0.2, 0) is 9.53 Å². The van der Waals surface area contributed by atoms with Gasteiger partial charge in [0.2, 0.25) is 0 Å². The largest absolute Gasteiger partial charge is 0.456 e. The van der Waals surface area contributed by atoms with Gasteiger partial charge in [0.1, 0.15) is 12.1 Å². The summed E-state index contributed by atoms with van der Waals surface area (Å²) < 4.78 is 5.76. The molecule has 0 saturated carbocycles. The van der Waals surface area contributed by atoms with E-state index in [4.69, 9.17) is 4.74 Å². The number of esters is 1. The third-order valence-electron chi connectivity index (χ3n) is 4.15. The van der Waals surface area contributed by atoms with E-state index in [-0.39, 0.29) is 18.1 Å². The summed E-state index contributed by atoms with van der Waals surface area (Å²) in [7, 11) is 0. The molecule has 2 heterocycles. The summed E-state index contributed by atoms with van der Waals surface area (Å²) in [5, 5.41) is 4.07. The molecule has 0 aliphatic carbocycles. The lowest BCUT2D eigenvalue weighted by atomic mass is 10.1. The number of likely N-dealkylation sites (tertiary alicyclic amines) is 1. The molecule has 22 heavy (non-hydrogen) atoms. The van der Waals surface area contributed by atoms with Gasteiger partial charge >= 0.3 is 5.97 Å². The molecule has 2 aromatic rings. The van der Waals surface area contributed by atoms with Crippen LogP contribution in [0, 0.1) is 0 Å². The summed E-state index contributed by atoms with van der Waals surface area (Å²) in [6, 6.07) is 11.7. The van der Waals surface area contributed by atoms with Crippen LogP contribution in [-0.4, -0.2) is 24.0 Å². The molecule has 1 aromatic heterocycles. The average Bonchev–Trinajstić information content (AvgIpc) is 3.22. The highest BCUT2D eigenvalue weighted by Crippen LogP contribution is 2.30. The molecule has 0 spiro atoms. The Kier molecular flexibility index (Phi) is 4.90. The monoisotopic (exact) mass is 315 g/mol. The van der Waals surface area contributed by atoms with Gasteiger partial charge in [-0.2, -0.15) is 11.3 Å². The van der Waals surface area contributed by atoms with Crippen molar-refractivity contribution < 1.29 is 9.53 Å². The van der Waals surface area contributed by atoms with E-state index < -0.39 is 0 Å². The van der Waals surface area contributed by atoms with E-state index in [0.29, 0.717) is 0 Å². The van der Waals surface area contributed by atoms with Crippen LogP contribution in [0.3, 0.4) is 0 Å². The topological polar surface area (TPSA) is 29.5 Å². The van der Waals surface area contributed by atoms with Crippen molar-refractivity contribution >= 4 is 17.3 Å². The first-order valence-electron chi connectivity index (χ1n) is 7.77. The second kappa shape index (κ2) is 7.07. The number of benzene rings is 1. The van der Waals surface area contributed by atoms with Crippen LogP contribution < -0.4 is 0 Å². The van der Waals surface area contributed by atoms with Crippen molar-refractivity contribution in [2.75, 3.05) is 13.1 Å². The predicted molar refractivity (Wildman–Crippen MR) is 88.8 cm³/mol. The van der Waals surface area contributed by atoms with E-state index in [0.717, 1.165) is 37.1 Å². The van der Waals surface area contributed by atoms with Crippen molar-refractivity contribution in [3.63, 3.8) is 0 Å². The molecular formula is C18H21NO2S. The van der Waals surface area contributed by atoms with E-state index in [1.807, 2.05) is 48.7 Å². The summed E-state index contributed by atoms with van der Waals surface area (Å²) in [5.74, 6) is -0.142. The van der Waals surface area contributed by atoms with Crippen LogP contribution in [0.25, 0.3) is 0 Å². The van der Waals surface area contributed by atoms with Crippen molar-refractivity contribution in [1.82, 2.24) is 4.90 Å². The molecule has 1 fully saturated rings. The normalized spacial score (nSPS) is 18.0. The first-order chi connectivity index (χ1) is 10.8. The number of rotatable bonds is 5. The highest BCUT2D eigenvalue weighted by molar-refractivity contribution is 7.08. The van der Waals surface area contributed by atoms with E-state index in [1.165, 1.54) is 0 Å². The molecule has 0 N–H and O–H groups in total. The maximum absolute atomic E-state index is 12.8. The van der Waals surface area contributed by atoms with Crippen molar-refractivity contribution in [1.29, 1.82) is 0 Å². The zero-order chi connectivity index (χ0) is 15.4. The lowest BCUT2D eigenvalue weighted by molar-refractivity contribution is -0.155. The molecule has 1 aromatic carbocycles. The standard InChI is InChI=1S/C18H21NO2S/c1-14(15-7-3-2-4-8-15)21-18(20)17(16-9-12-22-13-16)19-10-5-6-11-19/h2-4,7-9,12-14,17H,5-6,10-11H2,1H3/t14-,17+/m1/s1. The number of carbonyl (C=O) groups is 1. The Morgan fingerprint density at radius 1 is 1.14 bits per heavy atom. The van der Waals surface area contributed by atoms with Gasteiger partial charge in [-0.3, -0.25) is 4.90 Å². The maximum Gasteiger partial charge on any atom is 0.328 e. The molecule has 0 bridgehead atoms. The van der Waals surface area contributed by atoms with E-state index >= 15 is 0 Å². The quantitative estimate of drug-likeness (QED) is 0.775.